The molecule has 1 aliphatic rings. The van der Waals surface area contributed by atoms with Gasteiger partial charge in [0.25, 0.3) is 0 Å². The van der Waals surface area contributed by atoms with Crippen LogP contribution in [0.15, 0.2) is 29.2 Å². The maximum atomic E-state index is 12.5. The van der Waals surface area contributed by atoms with Crippen LogP contribution in [0, 0.1) is 0 Å². The number of hydrogen-bond donors (Lipinski definition) is 2. The molecule has 1 fully saturated rings. The monoisotopic (exact) mass is 298 g/mol. The summed E-state index contributed by atoms with van der Waals surface area (Å²) in [4.78, 5) is 11.0. The molecule has 0 atom stereocenters. The first-order valence-electron chi connectivity index (χ1n) is 6.45. The van der Waals surface area contributed by atoms with Crippen LogP contribution in [-0.4, -0.2) is 50.0 Å². The fourth-order valence-electron chi connectivity index (χ4n) is 2.32. The van der Waals surface area contributed by atoms with E-state index in [0.717, 1.165) is 25.9 Å². The van der Waals surface area contributed by atoms with Gasteiger partial charge >= 0.3 is 5.97 Å². The second kappa shape index (κ2) is 5.90. The summed E-state index contributed by atoms with van der Waals surface area (Å²) in [5.41, 5.74) is -0.0233. The van der Waals surface area contributed by atoms with Gasteiger partial charge in [0.2, 0.25) is 10.0 Å². The van der Waals surface area contributed by atoms with Gasteiger partial charge in [-0.3, -0.25) is 0 Å². The van der Waals surface area contributed by atoms with Crippen LogP contribution >= 0.6 is 0 Å². The molecule has 0 amide bonds. The second-order valence-electron chi connectivity index (χ2n) is 4.84. The maximum Gasteiger partial charge on any atom is 0.335 e. The molecule has 1 saturated heterocycles. The van der Waals surface area contributed by atoms with E-state index in [2.05, 4.69) is 5.32 Å². The van der Waals surface area contributed by atoms with Crippen LogP contribution in [0.1, 0.15) is 23.2 Å². The molecule has 7 heteroatoms. The van der Waals surface area contributed by atoms with E-state index in [9.17, 15) is 13.2 Å². The number of sulfonamides is 1. The number of carboxylic acid groups (broad SMARTS) is 1. The second-order valence-corrected chi connectivity index (χ2v) is 6.83. The third kappa shape index (κ3) is 3.00. The van der Waals surface area contributed by atoms with Gasteiger partial charge in [-0.05, 0) is 44.1 Å². The molecule has 0 spiro atoms. The summed E-state index contributed by atoms with van der Waals surface area (Å²) in [5.74, 6) is -1.13. The molecule has 0 unspecified atom stereocenters. The number of carbonyl (C=O) groups is 1. The highest BCUT2D eigenvalue weighted by molar-refractivity contribution is 7.89. The van der Waals surface area contributed by atoms with Crippen molar-refractivity contribution in [3.8, 4) is 0 Å². The molecular weight excluding hydrogens is 280 g/mol. The average Bonchev–Trinajstić information content (AvgIpc) is 2.47. The fraction of sp³-hybridized carbons (Fsp3) is 0.462. The molecule has 1 aliphatic heterocycles. The predicted molar refractivity (Wildman–Crippen MR) is 74.2 cm³/mol. The quantitative estimate of drug-likeness (QED) is 0.857. The Bertz CT molecular complexity index is 594. The molecule has 2 rings (SSSR count). The normalized spacial score (nSPS) is 17.3. The Morgan fingerprint density at radius 1 is 1.35 bits per heavy atom. The number of nitrogens with one attached hydrogen (secondary N) is 1. The Morgan fingerprint density at radius 3 is 2.60 bits per heavy atom. The van der Waals surface area contributed by atoms with Crippen LogP contribution in [0.3, 0.4) is 0 Å². The number of rotatable bonds is 4. The lowest BCUT2D eigenvalue weighted by molar-refractivity contribution is 0.0696. The Balaban J connectivity index is 2.29. The van der Waals surface area contributed by atoms with E-state index in [-0.39, 0.29) is 16.5 Å². The van der Waals surface area contributed by atoms with Crippen LogP contribution in [0.25, 0.3) is 0 Å². The minimum atomic E-state index is -3.65. The van der Waals surface area contributed by atoms with Crippen molar-refractivity contribution in [2.75, 3.05) is 20.1 Å². The van der Waals surface area contributed by atoms with Gasteiger partial charge in [0.15, 0.2) is 0 Å². The van der Waals surface area contributed by atoms with Crippen molar-refractivity contribution in [1.29, 1.82) is 0 Å². The summed E-state index contributed by atoms with van der Waals surface area (Å²) in [5, 5.41) is 12.1. The van der Waals surface area contributed by atoms with E-state index in [1.54, 1.807) is 7.05 Å². The molecule has 2 N–H and O–H groups in total. The number of nitrogens with zero attached hydrogens (tertiary/aromatic N) is 1. The molecule has 0 aliphatic carbocycles. The highest BCUT2D eigenvalue weighted by Gasteiger charge is 2.29. The van der Waals surface area contributed by atoms with Crippen molar-refractivity contribution in [2.45, 2.75) is 23.8 Å². The SMILES string of the molecule is CN(C1CCNCC1)S(=O)(=O)c1cccc(C(=O)O)c1. The highest BCUT2D eigenvalue weighted by atomic mass is 32.2. The van der Waals surface area contributed by atoms with Crippen molar-refractivity contribution >= 4 is 16.0 Å². The number of carboxylic acids is 1. The van der Waals surface area contributed by atoms with Gasteiger partial charge in [0.05, 0.1) is 10.5 Å². The number of benzene rings is 1. The van der Waals surface area contributed by atoms with Gasteiger partial charge < -0.3 is 10.4 Å². The molecule has 1 aromatic rings. The van der Waals surface area contributed by atoms with Crippen molar-refractivity contribution < 1.29 is 18.3 Å². The van der Waals surface area contributed by atoms with E-state index in [4.69, 9.17) is 5.11 Å². The minimum absolute atomic E-state index is 0.0233. The third-order valence-corrected chi connectivity index (χ3v) is 5.49. The van der Waals surface area contributed by atoms with Gasteiger partial charge in [-0.1, -0.05) is 6.07 Å². The zero-order valence-corrected chi connectivity index (χ0v) is 12.1. The zero-order chi connectivity index (χ0) is 14.8. The third-order valence-electron chi connectivity index (χ3n) is 3.58. The average molecular weight is 298 g/mol. The highest BCUT2D eigenvalue weighted by Crippen LogP contribution is 2.21. The Morgan fingerprint density at radius 2 is 2.00 bits per heavy atom. The molecule has 1 heterocycles. The van der Waals surface area contributed by atoms with E-state index in [0.29, 0.717) is 0 Å². The Hall–Kier alpha value is -1.44. The molecule has 0 saturated carbocycles. The first-order chi connectivity index (χ1) is 9.43. The fourth-order valence-corrected chi connectivity index (χ4v) is 3.78. The lowest BCUT2D eigenvalue weighted by Gasteiger charge is -2.30. The summed E-state index contributed by atoms with van der Waals surface area (Å²) in [6, 6.07) is 5.42. The number of hydrogen-bond acceptors (Lipinski definition) is 4. The molecule has 0 bridgehead atoms. The van der Waals surface area contributed by atoms with Crippen LogP contribution in [0.4, 0.5) is 0 Å². The van der Waals surface area contributed by atoms with Gasteiger partial charge in [-0.2, -0.15) is 4.31 Å². The van der Waals surface area contributed by atoms with E-state index in [1.807, 2.05) is 0 Å². The standard InChI is InChI=1S/C13H18N2O4S/c1-15(11-5-7-14-8-6-11)20(18,19)12-4-2-3-10(9-12)13(16)17/h2-4,9,11,14H,5-8H2,1H3,(H,16,17). The van der Waals surface area contributed by atoms with E-state index < -0.39 is 16.0 Å². The maximum absolute atomic E-state index is 12.5. The molecule has 20 heavy (non-hydrogen) atoms. The first kappa shape index (κ1) is 15.0. The van der Waals surface area contributed by atoms with Crippen molar-refractivity contribution in [3.63, 3.8) is 0 Å². The largest absolute Gasteiger partial charge is 0.478 e. The minimum Gasteiger partial charge on any atom is -0.478 e. The topological polar surface area (TPSA) is 86.7 Å². The molecule has 6 nitrogen and oxygen atoms in total. The van der Waals surface area contributed by atoms with Crippen molar-refractivity contribution in [2.24, 2.45) is 0 Å². The summed E-state index contributed by atoms with van der Waals surface area (Å²) in [6.45, 7) is 1.58. The van der Waals surface area contributed by atoms with Crippen LogP contribution < -0.4 is 5.32 Å². The van der Waals surface area contributed by atoms with Crippen LogP contribution in [0.5, 0.6) is 0 Å². The Kier molecular flexibility index (Phi) is 4.42. The molecule has 1 aromatic carbocycles. The lowest BCUT2D eigenvalue weighted by atomic mass is 10.1. The molecular formula is C13H18N2O4S. The molecule has 0 aromatic heterocycles. The van der Waals surface area contributed by atoms with Gasteiger partial charge in [0.1, 0.15) is 0 Å². The van der Waals surface area contributed by atoms with Crippen molar-refractivity contribution in [1.82, 2.24) is 9.62 Å². The number of piperidine rings is 1. The van der Waals surface area contributed by atoms with Gasteiger partial charge in [0, 0.05) is 13.1 Å². The summed E-state index contributed by atoms with van der Waals surface area (Å²) >= 11 is 0. The molecule has 0 radical (unpaired) electrons. The smallest absolute Gasteiger partial charge is 0.335 e. The number of aromatic carboxylic acids is 1. The first-order valence-corrected chi connectivity index (χ1v) is 7.89. The predicted octanol–water partition coefficient (Wildman–Crippen LogP) is 0.757. The van der Waals surface area contributed by atoms with E-state index in [1.165, 1.54) is 28.6 Å². The van der Waals surface area contributed by atoms with E-state index >= 15 is 0 Å². The zero-order valence-electron chi connectivity index (χ0n) is 11.2. The van der Waals surface area contributed by atoms with Gasteiger partial charge in [-0.15, -0.1) is 0 Å². The van der Waals surface area contributed by atoms with Crippen LogP contribution in [-0.2, 0) is 10.0 Å². The lowest BCUT2D eigenvalue weighted by Crippen LogP contribution is -2.43. The molecule has 110 valence electrons. The van der Waals surface area contributed by atoms with Crippen LogP contribution in [0.2, 0.25) is 0 Å². The van der Waals surface area contributed by atoms with Gasteiger partial charge in [-0.25, -0.2) is 13.2 Å². The summed E-state index contributed by atoms with van der Waals surface area (Å²) < 4.78 is 26.4. The van der Waals surface area contributed by atoms with Crippen molar-refractivity contribution in [3.05, 3.63) is 29.8 Å². The summed E-state index contributed by atoms with van der Waals surface area (Å²) in [6.07, 6.45) is 1.52. The summed E-state index contributed by atoms with van der Waals surface area (Å²) in [7, 11) is -2.10. The Labute approximate surface area is 118 Å².